The Morgan fingerprint density at radius 1 is 1.30 bits per heavy atom. The molecule has 2 aromatic heterocycles. The van der Waals surface area contributed by atoms with E-state index in [2.05, 4.69) is 29.3 Å². The van der Waals surface area contributed by atoms with Crippen molar-refractivity contribution in [3.05, 3.63) is 52.1 Å². The van der Waals surface area contributed by atoms with Crippen molar-refractivity contribution in [3.8, 4) is 16.5 Å². The highest BCUT2D eigenvalue weighted by molar-refractivity contribution is 7.71. The van der Waals surface area contributed by atoms with Gasteiger partial charge < -0.3 is 9.64 Å². The number of benzene rings is 1. The van der Waals surface area contributed by atoms with Crippen LogP contribution in [0.3, 0.4) is 0 Å². The monoisotopic (exact) mass is 347 g/mol. The Balaban J connectivity index is 1.67. The summed E-state index contributed by atoms with van der Waals surface area (Å²) in [6.45, 7) is 1.64. The van der Waals surface area contributed by atoms with Crippen LogP contribution in [-0.4, -0.2) is 28.9 Å². The van der Waals surface area contributed by atoms with Crippen LogP contribution in [0.15, 0.2) is 41.8 Å². The number of H-pyrrole nitrogens is 1. The van der Waals surface area contributed by atoms with E-state index in [1.807, 2.05) is 34.3 Å². The number of thiophene rings is 1. The van der Waals surface area contributed by atoms with Crippen molar-refractivity contribution in [2.45, 2.75) is 13.2 Å². The van der Waals surface area contributed by atoms with Crippen molar-refractivity contribution >= 4 is 23.6 Å². The normalized spacial score (nSPS) is 12.3. The molecule has 23 heavy (non-hydrogen) atoms. The lowest BCUT2D eigenvalue weighted by Gasteiger charge is -2.14. The minimum Gasteiger partial charge on any atom is -0.497 e. The Labute approximate surface area is 144 Å². The Bertz CT molecular complexity index is 805. The zero-order valence-corrected chi connectivity index (χ0v) is 14.7. The Kier molecular flexibility index (Phi) is 4.90. The van der Waals surface area contributed by atoms with Crippen molar-refractivity contribution in [1.29, 1.82) is 0 Å². The van der Waals surface area contributed by atoms with Crippen molar-refractivity contribution in [3.63, 3.8) is 0 Å². The summed E-state index contributed by atoms with van der Waals surface area (Å²) < 4.78 is 7.69. The third-order valence-electron chi connectivity index (χ3n) is 3.53. The molecular weight excluding hydrogens is 328 g/mol. The maximum atomic E-state index is 5.36. The minimum absolute atomic E-state index is 0.586. The molecule has 0 aliphatic rings. The van der Waals surface area contributed by atoms with Gasteiger partial charge in [-0.1, -0.05) is 6.07 Å². The van der Waals surface area contributed by atoms with Crippen LogP contribution in [0, 0.1) is 4.77 Å². The van der Waals surface area contributed by atoms with Crippen LogP contribution >= 0.6 is 23.6 Å². The zero-order valence-electron chi connectivity index (χ0n) is 13.1. The quantitative estimate of drug-likeness (QED) is 0.673. The fourth-order valence-electron chi connectivity index (χ4n) is 2.40. The molecule has 1 atom stereocenters. The Morgan fingerprint density at radius 2 is 2.09 bits per heavy atom. The maximum absolute atomic E-state index is 5.36. The molecular formula is C16H19N4OS2+. The van der Waals surface area contributed by atoms with E-state index in [0.29, 0.717) is 4.77 Å². The summed E-state index contributed by atoms with van der Waals surface area (Å²) in [4.78, 5) is 6.85. The lowest BCUT2D eigenvalue weighted by molar-refractivity contribution is -0.917. The van der Waals surface area contributed by atoms with Crippen LogP contribution < -0.4 is 9.64 Å². The van der Waals surface area contributed by atoms with Gasteiger partial charge in [-0.05, 0) is 47.9 Å². The average Bonchev–Trinajstić information content (AvgIpc) is 3.18. The Hall–Kier alpha value is -1.96. The minimum atomic E-state index is 0.586. The van der Waals surface area contributed by atoms with Crippen LogP contribution in [-0.2, 0) is 13.2 Å². The van der Waals surface area contributed by atoms with Gasteiger partial charge in [0, 0.05) is 5.56 Å². The van der Waals surface area contributed by atoms with Gasteiger partial charge in [0.25, 0.3) is 0 Å². The number of aromatic amines is 1. The van der Waals surface area contributed by atoms with Crippen molar-refractivity contribution in [2.75, 3.05) is 14.2 Å². The van der Waals surface area contributed by atoms with Crippen molar-refractivity contribution in [2.24, 2.45) is 0 Å². The number of hydrogen-bond donors (Lipinski definition) is 2. The van der Waals surface area contributed by atoms with Gasteiger partial charge in [0.15, 0.2) is 12.5 Å². The van der Waals surface area contributed by atoms with Crippen molar-refractivity contribution < 1.29 is 9.64 Å². The van der Waals surface area contributed by atoms with Gasteiger partial charge in [0.05, 0.1) is 19.0 Å². The van der Waals surface area contributed by atoms with Crippen LogP contribution in [0.4, 0.5) is 0 Å². The van der Waals surface area contributed by atoms with E-state index < -0.39 is 0 Å². The molecule has 7 heteroatoms. The number of nitrogens with one attached hydrogen (secondary N) is 2. The van der Waals surface area contributed by atoms with Crippen LogP contribution in [0.25, 0.3) is 10.7 Å². The summed E-state index contributed by atoms with van der Waals surface area (Å²) in [7, 11) is 3.81. The van der Waals surface area contributed by atoms with Crippen LogP contribution in [0.1, 0.15) is 5.56 Å². The maximum Gasteiger partial charge on any atom is 0.221 e. The summed E-state index contributed by atoms with van der Waals surface area (Å²) in [5.41, 5.74) is 1.26. The molecule has 2 heterocycles. The molecule has 0 fully saturated rings. The molecule has 3 rings (SSSR count). The van der Waals surface area contributed by atoms with E-state index in [4.69, 9.17) is 17.0 Å². The van der Waals surface area contributed by atoms with Crippen molar-refractivity contribution in [1.82, 2.24) is 14.8 Å². The second-order valence-corrected chi connectivity index (χ2v) is 6.71. The summed E-state index contributed by atoms with van der Waals surface area (Å²) in [6, 6.07) is 12.2. The first-order valence-electron chi connectivity index (χ1n) is 7.30. The predicted molar refractivity (Wildman–Crippen MR) is 94.3 cm³/mol. The van der Waals surface area contributed by atoms with Gasteiger partial charge in [0.2, 0.25) is 4.77 Å². The third kappa shape index (κ3) is 3.87. The highest BCUT2D eigenvalue weighted by atomic mass is 32.1. The van der Waals surface area contributed by atoms with Gasteiger partial charge in [-0.3, -0.25) is 5.10 Å². The first-order valence-corrected chi connectivity index (χ1v) is 8.59. The van der Waals surface area contributed by atoms with Gasteiger partial charge in [-0.25, -0.2) is 4.68 Å². The highest BCUT2D eigenvalue weighted by Crippen LogP contribution is 2.20. The van der Waals surface area contributed by atoms with E-state index in [0.717, 1.165) is 29.7 Å². The Morgan fingerprint density at radius 3 is 2.74 bits per heavy atom. The molecule has 0 amide bonds. The second-order valence-electron chi connectivity index (χ2n) is 5.40. The number of quaternary nitrogens is 1. The molecule has 5 nitrogen and oxygen atoms in total. The van der Waals surface area contributed by atoms with Gasteiger partial charge in [-0.2, -0.15) is 4.98 Å². The molecule has 0 saturated heterocycles. The molecule has 3 aromatic rings. The van der Waals surface area contributed by atoms with E-state index >= 15 is 0 Å². The average molecular weight is 347 g/mol. The molecule has 2 N–H and O–H groups in total. The summed E-state index contributed by atoms with van der Waals surface area (Å²) >= 11 is 7.01. The molecule has 120 valence electrons. The van der Waals surface area contributed by atoms with Gasteiger partial charge in [0.1, 0.15) is 12.3 Å². The summed E-state index contributed by atoms with van der Waals surface area (Å²) in [6.07, 6.45) is 0. The SMILES string of the molecule is COc1ccc(C[NH+](C)Cn2[nH]c(-c3cccs3)nc2=S)cc1. The van der Waals surface area contributed by atoms with E-state index in [1.54, 1.807) is 18.4 Å². The zero-order chi connectivity index (χ0) is 16.2. The number of methoxy groups -OCH3 is 1. The van der Waals surface area contributed by atoms with Crippen LogP contribution in [0.5, 0.6) is 5.75 Å². The molecule has 0 aliphatic carbocycles. The molecule has 0 bridgehead atoms. The highest BCUT2D eigenvalue weighted by Gasteiger charge is 2.10. The number of hydrogen-bond acceptors (Lipinski definition) is 4. The number of nitrogens with zero attached hydrogens (tertiary/aromatic N) is 2. The molecule has 0 radical (unpaired) electrons. The molecule has 0 aliphatic heterocycles. The molecule has 1 aromatic carbocycles. The standard InChI is InChI=1S/C16H18N4OS2/c1-19(10-12-5-7-13(21-2)8-6-12)11-20-16(22)17-15(18-20)14-4-3-9-23-14/h3-9H,10-11H2,1-2H3,(H,17,18,22)/p+1. The molecule has 0 saturated carbocycles. The first kappa shape index (κ1) is 15.9. The first-order chi connectivity index (χ1) is 11.2. The topological polar surface area (TPSA) is 47.3 Å². The fourth-order valence-corrected chi connectivity index (χ4v) is 3.27. The predicted octanol–water partition coefficient (Wildman–Crippen LogP) is 2.35. The number of aromatic nitrogens is 3. The summed E-state index contributed by atoms with van der Waals surface area (Å²) in [5, 5.41) is 5.32. The largest absolute Gasteiger partial charge is 0.497 e. The lowest BCUT2D eigenvalue weighted by Crippen LogP contribution is -3.07. The molecule has 1 unspecified atom stereocenters. The lowest BCUT2D eigenvalue weighted by atomic mass is 10.2. The second kappa shape index (κ2) is 7.08. The third-order valence-corrected chi connectivity index (χ3v) is 4.72. The number of ether oxygens (including phenoxy) is 1. The van der Waals surface area contributed by atoms with E-state index in [1.165, 1.54) is 10.5 Å². The van der Waals surface area contributed by atoms with Gasteiger partial charge in [-0.15, -0.1) is 11.3 Å². The van der Waals surface area contributed by atoms with E-state index in [-0.39, 0.29) is 0 Å². The smallest absolute Gasteiger partial charge is 0.221 e. The van der Waals surface area contributed by atoms with Gasteiger partial charge >= 0.3 is 0 Å². The van der Waals surface area contributed by atoms with E-state index in [9.17, 15) is 0 Å². The number of rotatable bonds is 6. The summed E-state index contributed by atoms with van der Waals surface area (Å²) in [5.74, 6) is 1.71. The fraction of sp³-hybridized carbons (Fsp3) is 0.250. The molecule has 0 spiro atoms. The van der Waals surface area contributed by atoms with Crippen LogP contribution in [0.2, 0.25) is 0 Å².